The van der Waals surface area contributed by atoms with Gasteiger partial charge in [0.2, 0.25) is 0 Å². The number of aliphatic hydroxyl groups excluding tert-OH is 1. The van der Waals surface area contributed by atoms with Crippen LogP contribution in [0.4, 0.5) is 0 Å². The molecule has 0 aromatic rings. The van der Waals surface area contributed by atoms with Crippen molar-refractivity contribution in [1.29, 1.82) is 0 Å². The maximum absolute atomic E-state index is 10.0. The predicted octanol–water partition coefficient (Wildman–Crippen LogP) is 3.62. The Morgan fingerprint density at radius 2 is 1.86 bits per heavy atom. The molecular weight excluding hydrogens is 272 g/mol. The summed E-state index contributed by atoms with van der Waals surface area (Å²) in [6.45, 7) is 4.90. The summed E-state index contributed by atoms with van der Waals surface area (Å²) < 4.78 is 0. The second-order valence-electron chi connectivity index (χ2n) is 8.73. The Labute approximate surface area is 134 Å². The van der Waals surface area contributed by atoms with Gasteiger partial charge in [-0.15, -0.1) is 0 Å². The second-order valence-corrected chi connectivity index (χ2v) is 8.73. The third-order valence-electron chi connectivity index (χ3n) is 7.97. The van der Waals surface area contributed by atoms with Gasteiger partial charge in [-0.05, 0) is 74.5 Å². The molecule has 4 rings (SSSR count). The van der Waals surface area contributed by atoms with Crippen molar-refractivity contribution in [2.45, 2.75) is 71.3 Å². The molecule has 0 aromatic carbocycles. The van der Waals surface area contributed by atoms with Gasteiger partial charge in [0.1, 0.15) is 0 Å². The molecular formula is C19H30N2O. The topological polar surface area (TPSA) is 58.6 Å². The van der Waals surface area contributed by atoms with E-state index in [9.17, 15) is 5.11 Å². The van der Waals surface area contributed by atoms with E-state index in [1.807, 2.05) is 0 Å². The highest BCUT2D eigenvalue weighted by Crippen LogP contribution is 2.64. The molecule has 4 aliphatic carbocycles. The lowest BCUT2D eigenvalue weighted by Gasteiger charge is -2.57. The lowest BCUT2D eigenvalue weighted by Crippen LogP contribution is -2.50. The molecule has 122 valence electrons. The van der Waals surface area contributed by atoms with Crippen molar-refractivity contribution < 1.29 is 5.11 Å². The van der Waals surface area contributed by atoms with Gasteiger partial charge < -0.3 is 10.9 Å². The highest BCUT2D eigenvalue weighted by Gasteiger charge is 2.57. The van der Waals surface area contributed by atoms with Crippen LogP contribution in [-0.2, 0) is 0 Å². The maximum atomic E-state index is 10.0. The second kappa shape index (κ2) is 4.83. The maximum Gasteiger partial charge on any atom is 0.0577 e. The van der Waals surface area contributed by atoms with Crippen molar-refractivity contribution in [3.8, 4) is 0 Å². The van der Waals surface area contributed by atoms with E-state index in [0.29, 0.717) is 5.41 Å². The monoisotopic (exact) mass is 302 g/mol. The molecule has 0 aromatic heterocycles. The first kappa shape index (κ1) is 14.7. The van der Waals surface area contributed by atoms with Gasteiger partial charge in [0.25, 0.3) is 0 Å². The molecule has 3 saturated carbocycles. The molecule has 0 spiro atoms. The van der Waals surface area contributed by atoms with Gasteiger partial charge in [-0.3, -0.25) is 0 Å². The third kappa shape index (κ3) is 1.81. The first-order valence-corrected chi connectivity index (χ1v) is 9.14. The van der Waals surface area contributed by atoms with E-state index in [1.54, 1.807) is 5.57 Å². The number of nitrogens with zero attached hydrogens (tertiary/aromatic N) is 1. The number of hydrazone groups is 1. The van der Waals surface area contributed by atoms with Gasteiger partial charge in [0.05, 0.1) is 6.10 Å². The fourth-order valence-corrected chi connectivity index (χ4v) is 6.64. The summed E-state index contributed by atoms with van der Waals surface area (Å²) in [6.07, 6.45) is 11.6. The molecule has 0 heterocycles. The molecule has 3 N–H and O–H groups in total. The van der Waals surface area contributed by atoms with Crippen molar-refractivity contribution >= 4 is 5.71 Å². The Morgan fingerprint density at radius 3 is 2.64 bits per heavy atom. The molecule has 3 nitrogen and oxygen atoms in total. The van der Waals surface area contributed by atoms with Crippen LogP contribution in [0.15, 0.2) is 16.8 Å². The van der Waals surface area contributed by atoms with Crippen LogP contribution in [0.5, 0.6) is 0 Å². The summed E-state index contributed by atoms with van der Waals surface area (Å²) in [6, 6.07) is 0. The van der Waals surface area contributed by atoms with Crippen LogP contribution in [0.3, 0.4) is 0 Å². The Morgan fingerprint density at radius 1 is 1.14 bits per heavy atom. The first-order chi connectivity index (χ1) is 10.5. The smallest absolute Gasteiger partial charge is 0.0577 e. The average molecular weight is 302 g/mol. The fourth-order valence-electron chi connectivity index (χ4n) is 6.64. The molecule has 3 heteroatoms. The van der Waals surface area contributed by atoms with Gasteiger partial charge in [0, 0.05) is 11.1 Å². The summed E-state index contributed by atoms with van der Waals surface area (Å²) >= 11 is 0. The zero-order valence-electron chi connectivity index (χ0n) is 14.0. The average Bonchev–Trinajstić information content (AvgIpc) is 2.84. The number of allylic oxidation sites excluding steroid dienone is 1. The minimum Gasteiger partial charge on any atom is -0.393 e. The van der Waals surface area contributed by atoms with E-state index in [2.05, 4.69) is 25.0 Å². The molecule has 3 fully saturated rings. The number of rotatable bonds is 0. The van der Waals surface area contributed by atoms with E-state index in [0.717, 1.165) is 37.0 Å². The molecule has 6 atom stereocenters. The van der Waals surface area contributed by atoms with Crippen molar-refractivity contribution in [3.63, 3.8) is 0 Å². The number of fused-ring (bicyclic) bond motifs is 5. The van der Waals surface area contributed by atoms with E-state index in [1.165, 1.54) is 37.8 Å². The zero-order chi connectivity index (χ0) is 15.5. The molecule has 0 aliphatic heterocycles. The first-order valence-electron chi connectivity index (χ1n) is 9.14. The summed E-state index contributed by atoms with van der Waals surface area (Å²) in [4.78, 5) is 0. The summed E-state index contributed by atoms with van der Waals surface area (Å²) in [5, 5.41) is 14.2. The Kier molecular flexibility index (Phi) is 3.24. The van der Waals surface area contributed by atoms with Crippen LogP contribution in [0.2, 0.25) is 0 Å². The number of aliphatic hydroxyl groups is 1. The summed E-state index contributed by atoms with van der Waals surface area (Å²) in [5.41, 5.74) is 3.43. The van der Waals surface area contributed by atoms with Gasteiger partial charge >= 0.3 is 0 Å². The molecule has 0 bridgehead atoms. The lowest BCUT2D eigenvalue weighted by atomic mass is 9.48. The lowest BCUT2D eigenvalue weighted by molar-refractivity contribution is -0.0209. The molecule has 0 amide bonds. The predicted molar refractivity (Wildman–Crippen MR) is 89.3 cm³/mol. The van der Waals surface area contributed by atoms with Gasteiger partial charge in [-0.1, -0.05) is 25.5 Å². The number of hydrogen-bond acceptors (Lipinski definition) is 3. The highest BCUT2D eigenvalue weighted by molar-refractivity contribution is 5.92. The normalized spacial score (nSPS) is 52.7. The van der Waals surface area contributed by atoms with Gasteiger partial charge in [-0.2, -0.15) is 5.10 Å². The van der Waals surface area contributed by atoms with Crippen molar-refractivity contribution in [2.24, 2.45) is 39.5 Å². The van der Waals surface area contributed by atoms with Crippen LogP contribution < -0.4 is 5.84 Å². The molecule has 22 heavy (non-hydrogen) atoms. The Bertz CT molecular complexity index is 540. The van der Waals surface area contributed by atoms with E-state index >= 15 is 0 Å². The molecule has 0 saturated heterocycles. The quantitative estimate of drug-likeness (QED) is 0.408. The molecule has 4 unspecified atom stereocenters. The Hall–Kier alpha value is -0.830. The minimum atomic E-state index is -0.104. The third-order valence-corrected chi connectivity index (χ3v) is 7.97. The van der Waals surface area contributed by atoms with Gasteiger partial charge in [-0.25, -0.2) is 0 Å². The van der Waals surface area contributed by atoms with Crippen molar-refractivity contribution in [1.82, 2.24) is 0 Å². The summed E-state index contributed by atoms with van der Waals surface area (Å²) in [7, 11) is 0. The largest absolute Gasteiger partial charge is 0.393 e. The van der Waals surface area contributed by atoms with E-state index in [4.69, 9.17) is 5.84 Å². The standard InChI is InChI=1S/C19H30N2O/c1-18-9-7-13(22)11-12(18)3-4-14-15-5-6-17(21-20)19(15,2)10-8-16(14)18/h3,13-16,22H,4-11,20H2,1-2H3/b21-17+/t13-,14?,15?,16?,18?,19-/m0/s1. The Balaban J connectivity index is 1.69. The van der Waals surface area contributed by atoms with E-state index in [-0.39, 0.29) is 11.5 Å². The van der Waals surface area contributed by atoms with Crippen molar-refractivity contribution in [2.75, 3.05) is 0 Å². The number of nitrogens with two attached hydrogens (primary N) is 1. The number of hydrogen-bond donors (Lipinski definition) is 2. The SMILES string of the molecule is CC12CC[C@H](O)CC1=CCC1C2CC[C@]2(C)/C(=N/N)CCC12. The van der Waals surface area contributed by atoms with Crippen LogP contribution in [-0.4, -0.2) is 16.9 Å². The van der Waals surface area contributed by atoms with E-state index < -0.39 is 0 Å². The zero-order valence-corrected chi connectivity index (χ0v) is 14.0. The highest BCUT2D eigenvalue weighted by atomic mass is 16.3. The van der Waals surface area contributed by atoms with Crippen molar-refractivity contribution in [3.05, 3.63) is 11.6 Å². The fraction of sp³-hybridized carbons (Fsp3) is 0.842. The van der Waals surface area contributed by atoms with Crippen LogP contribution in [0.1, 0.15) is 65.2 Å². The van der Waals surface area contributed by atoms with Crippen LogP contribution >= 0.6 is 0 Å². The van der Waals surface area contributed by atoms with Crippen LogP contribution in [0.25, 0.3) is 0 Å². The molecule has 0 radical (unpaired) electrons. The summed E-state index contributed by atoms with van der Waals surface area (Å²) in [5.74, 6) is 8.04. The molecule has 4 aliphatic rings. The minimum absolute atomic E-state index is 0.104. The van der Waals surface area contributed by atoms with Crippen LogP contribution in [0, 0.1) is 28.6 Å². The van der Waals surface area contributed by atoms with Gasteiger partial charge in [0.15, 0.2) is 0 Å².